The number of amides is 1. The van der Waals surface area contributed by atoms with Crippen molar-refractivity contribution in [3.8, 4) is 0 Å². The van der Waals surface area contributed by atoms with Crippen LogP contribution in [0.25, 0.3) is 0 Å². The highest BCUT2D eigenvalue weighted by Gasteiger charge is 2.13. The number of aliphatic hydroxyl groups excluding tert-OH is 1. The highest BCUT2D eigenvalue weighted by Crippen LogP contribution is 2.14. The zero-order chi connectivity index (χ0) is 15.1. The van der Waals surface area contributed by atoms with Crippen molar-refractivity contribution in [1.29, 1.82) is 0 Å². The maximum atomic E-state index is 12.1. The van der Waals surface area contributed by atoms with Crippen LogP contribution in [0.3, 0.4) is 0 Å². The van der Waals surface area contributed by atoms with Gasteiger partial charge in [-0.2, -0.15) is 0 Å². The molecule has 0 aromatic heterocycles. The van der Waals surface area contributed by atoms with Crippen molar-refractivity contribution in [2.75, 3.05) is 23.3 Å². The Morgan fingerprint density at radius 3 is 2.24 bits per heavy atom. The maximum absolute atomic E-state index is 12.1. The molecule has 110 valence electrons. The van der Waals surface area contributed by atoms with Crippen LogP contribution in [0.1, 0.15) is 6.92 Å². The average Bonchev–Trinajstić information content (AvgIpc) is 2.48. The zero-order valence-electron chi connectivity index (χ0n) is 12.1. The lowest BCUT2D eigenvalue weighted by Gasteiger charge is -2.25. The van der Waals surface area contributed by atoms with Crippen molar-refractivity contribution in [2.24, 2.45) is 0 Å². The minimum absolute atomic E-state index is 0.106. The molecule has 0 spiro atoms. The summed E-state index contributed by atoms with van der Waals surface area (Å²) in [5, 5.41) is 12.5. The highest BCUT2D eigenvalue weighted by molar-refractivity contribution is 5.94. The van der Waals surface area contributed by atoms with Crippen molar-refractivity contribution in [2.45, 2.75) is 13.0 Å². The number of nitrogens with one attached hydrogen (secondary N) is 1. The number of hydrogen-bond donors (Lipinski definition) is 2. The molecule has 0 radical (unpaired) electrons. The van der Waals surface area contributed by atoms with E-state index in [1.54, 1.807) is 6.92 Å². The summed E-state index contributed by atoms with van der Waals surface area (Å²) in [5.41, 5.74) is 1.69. The molecule has 0 bridgehead atoms. The summed E-state index contributed by atoms with van der Waals surface area (Å²) in [7, 11) is 0. The molecule has 21 heavy (non-hydrogen) atoms. The molecule has 1 amide bonds. The van der Waals surface area contributed by atoms with Gasteiger partial charge in [0.2, 0.25) is 5.91 Å². The van der Waals surface area contributed by atoms with E-state index < -0.39 is 6.10 Å². The van der Waals surface area contributed by atoms with Crippen molar-refractivity contribution in [3.05, 3.63) is 60.7 Å². The lowest BCUT2D eigenvalue weighted by Crippen LogP contribution is -2.37. The van der Waals surface area contributed by atoms with E-state index in [9.17, 15) is 9.90 Å². The number of hydrogen-bond acceptors (Lipinski definition) is 3. The van der Waals surface area contributed by atoms with Crippen LogP contribution in [0, 0.1) is 0 Å². The number of nitrogens with zero attached hydrogens (tertiary/aromatic N) is 1. The molecule has 0 heterocycles. The molecule has 2 rings (SSSR count). The summed E-state index contributed by atoms with van der Waals surface area (Å²) in [6.45, 7) is 2.32. The van der Waals surface area contributed by atoms with E-state index in [2.05, 4.69) is 5.32 Å². The van der Waals surface area contributed by atoms with Gasteiger partial charge in [0.05, 0.1) is 12.6 Å². The zero-order valence-corrected chi connectivity index (χ0v) is 12.1. The quantitative estimate of drug-likeness (QED) is 0.857. The van der Waals surface area contributed by atoms with E-state index in [1.807, 2.05) is 65.6 Å². The largest absolute Gasteiger partial charge is 0.392 e. The van der Waals surface area contributed by atoms with Gasteiger partial charge in [0, 0.05) is 17.9 Å². The highest BCUT2D eigenvalue weighted by atomic mass is 16.3. The number of carbonyl (C=O) groups is 1. The Hall–Kier alpha value is -2.33. The molecule has 4 nitrogen and oxygen atoms in total. The fraction of sp³-hybridized carbons (Fsp3) is 0.235. The normalized spacial score (nSPS) is 11.7. The van der Waals surface area contributed by atoms with Crippen LogP contribution < -0.4 is 10.2 Å². The van der Waals surface area contributed by atoms with Gasteiger partial charge >= 0.3 is 0 Å². The Bertz CT molecular complexity index is 556. The molecule has 2 aromatic carbocycles. The number of carbonyl (C=O) groups excluding carboxylic acids is 1. The summed E-state index contributed by atoms with van der Waals surface area (Å²) in [5.74, 6) is -0.106. The molecule has 2 N–H and O–H groups in total. The van der Waals surface area contributed by atoms with E-state index in [4.69, 9.17) is 0 Å². The number of para-hydroxylation sites is 2. The third-order valence-corrected chi connectivity index (χ3v) is 3.00. The minimum atomic E-state index is -0.505. The molecule has 1 atom stereocenters. The Balaban J connectivity index is 2.03. The van der Waals surface area contributed by atoms with Gasteiger partial charge in [0.25, 0.3) is 0 Å². The van der Waals surface area contributed by atoms with Crippen LogP contribution in [-0.2, 0) is 4.79 Å². The molecular formula is C17H20N2O2. The smallest absolute Gasteiger partial charge is 0.243 e. The third kappa shape index (κ3) is 4.93. The molecule has 0 aliphatic rings. The minimum Gasteiger partial charge on any atom is -0.392 e. The Morgan fingerprint density at radius 2 is 1.67 bits per heavy atom. The number of benzene rings is 2. The standard InChI is InChI=1S/C17H20N2O2/c1-14(20)12-19(16-10-6-3-7-11-16)13-17(21)18-15-8-4-2-5-9-15/h2-11,14,20H,12-13H2,1H3,(H,18,21). The number of rotatable bonds is 6. The summed E-state index contributed by atoms with van der Waals surface area (Å²) in [4.78, 5) is 14.0. The van der Waals surface area contributed by atoms with Gasteiger partial charge < -0.3 is 15.3 Å². The van der Waals surface area contributed by atoms with Gasteiger partial charge in [-0.25, -0.2) is 0 Å². The molecule has 0 saturated carbocycles. The average molecular weight is 284 g/mol. The SMILES string of the molecule is CC(O)CN(CC(=O)Nc1ccccc1)c1ccccc1. The van der Waals surface area contributed by atoms with Crippen LogP contribution in [-0.4, -0.2) is 30.2 Å². The molecule has 0 saturated heterocycles. The Labute approximate surface area is 125 Å². The number of aliphatic hydroxyl groups is 1. The van der Waals surface area contributed by atoms with Gasteiger partial charge in [-0.05, 0) is 31.2 Å². The van der Waals surface area contributed by atoms with Gasteiger partial charge in [-0.15, -0.1) is 0 Å². The second kappa shape index (κ2) is 7.45. The van der Waals surface area contributed by atoms with Crippen LogP contribution in [0.4, 0.5) is 11.4 Å². The van der Waals surface area contributed by atoms with Gasteiger partial charge in [-0.3, -0.25) is 4.79 Å². The summed E-state index contributed by atoms with van der Waals surface area (Å²) in [6, 6.07) is 19.0. The van der Waals surface area contributed by atoms with Gasteiger partial charge in [0.15, 0.2) is 0 Å². The molecule has 0 fully saturated rings. The van der Waals surface area contributed by atoms with E-state index in [-0.39, 0.29) is 12.5 Å². The second-order valence-corrected chi connectivity index (χ2v) is 4.98. The van der Waals surface area contributed by atoms with E-state index >= 15 is 0 Å². The maximum Gasteiger partial charge on any atom is 0.243 e. The first kappa shape index (κ1) is 15.1. The van der Waals surface area contributed by atoms with Crippen molar-refractivity contribution >= 4 is 17.3 Å². The molecule has 0 aliphatic heterocycles. The predicted molar refractivity (Wildman–Crippen MR) is 85.4 cm³/mol. The molecule has 0 aliphatic carbocycles. The first-order valence-electron chi connectivity index (χ1n) is 6.98. The second-order valence-electron chi connectivity index (χ2n) is 4.98. The predicted octanol–water partition coefficient (Wildman–Crippen LogP) is 2.51. The lowest BCUT2D eigenvalue weighted by molar-refractivity contribution is -0.115. The van der Waals surface area contributed by atoms with Crippen LogP contribution in [0.15, 0.2) is 60.7 Å². The van der Waals surface area contributed by atoms with Crippen molar-refractivity contribution in [3.63, 3.8) is 0 Å². The first-order valence-corrected chi connectivity index (χ1v) is 6.98. The molecule has 2 aromatic rings. The van der Waals surface area contributed by atoms with E-state index in [1.165, 1.54) is 0 Å². The number of anilines is 2. The van der Waals surface area contributed by atoms with Crippen molar-refractivity contribution < 1.29 is 9.90 Å². The Kier molecular flexibility index (Phi) is 5.35. The lowest BCUT2D eigenvalue weighted by atomic mass is 10.2. The van der Waals surface area contributed by atoms with Crippen LogP contribution >= 0.6 is 0 Å². The van der Waals surface area contributed by atoms with Crippen molar-refractivity contribution in [1.82, 2.24) is 0 Å². The topological polar surface area (TPSA) is 52.6 Å². The molecular weight excluding hydrogens is 264 g/mol. The monoisotopic (exact) mass is 284 g/mol. The van der Waals surface area contributed by atoms with E-state index in [0.717, 1.165) is 11.4 Å². The third-order valence-electron chi connectivity index (χ3n) is 3.00. The summed E-state index contributed by atoms with van der Waals surface area (Å²) >= 11 is 0. The fourth-order valence-corrected chi connectivity index (χ4v) is 2.11. The first-order chi connectivity index (χ1) is 10.1. The molecule has 1 unspecified atom stereocenters. The summed E-state index contributed by atoms with van der Waals surface area (Å²) in [6.07, 6.45) is -0.505. The Morgan fingerprint density at radius 1 is 1.10 bits per heavy atom. The summed E-state index contributed by atoms with van der Waals surface area (Å²) < 4.78 is 0. The van der Waals surface area contributed by atoms with E-state index in [0.29, 0.717) is 6.54 Å². The van der Waals surface area contributed by atoms with Crippen LogP contribution in [0.5, 0.6) is 0 Å². The molecule has 4 heteroatoms. The van der Waals surface area contributed by atoms with Gasteiger partial charge in [0.1, 0.15) is 0 Å². The van der Waals surface area contributed by atoms with Gasteiger partial charge in [-0.1, -0.05) is 36.4 Å². The fourth-order valence-electron chi connectivity index (χ4n) is 2.11. The van der Waals surface area contributed by atoms with Crippen LogP contribution in [0.2, 0.25) is 0 Å².